The van der Waals surface area contributed by atoms with Gasteiger partial charge in [0.1, 0.15) is 0 Å². The zero-order valence-corrected chi connectivity index (χ0v) is 12.7. The third kappa shape index (κ3) is 2.58. The zero-order chi connectivity index (χ0) is 15.0. The normalized spacial score (nSPS) is 22.5. The Morgan fingerprint density at radius 2 is 1.82 bits per heavy atom. The molecule has 1 fully saturated rings. The lowest BCUT2D eigenvalue weighted by molar-refractivity contribution is -0.118. The second-order valence-electron chi connectivity index (χ2n) is 6.74. The summed E-state index contributed by atoms with van der Waals surface area (Å²) in [4.78, 5) is 12.2. The van der Waals surface area contributed by atoms with Gasteiger partial charge in [-0.15, -0.1) is 0 Å². The molecule has 0 amide bonds. The Kier molecular flexibility index (Phi) is 3.32. The minimum Gasteiger partial charge on any atom is -0.454 e. The molecule has 1 saturated carbocycles. The molecule has 1 heterocycles. The molecule has 3 aliphatic rings. The van der Waals surface area contributed by atoms with Gasteiger partial charge in [-0.3, -0.25) is 4.79 Å². The number of carbonyl (C=O) groups excluding carboxylic acids is 1. The Labute approximate surface area is 130 Å². The summed E-state index contributed by atoms with van der Waals surface area (Å²) < 4.78 is 10.7. The number of allylic oxidation sites excluding steroid dienone is 2. The molecule has 0 radical (unpaired) electrons. The van der Waals surface area contributed by atoms with Crippen LogP contribution in [0.5, 0.6) is 11.5 Å². The van der Waals surface area contributed by atoms with Crippen LogP contribution in [-0.2, 0) is 4.79 Å². The van der Waals surface area contributed by atoms with E-state index in [-0.39, 0.29) is 18.0 Å². The number of carbonyl (C=O) groups is 1. The topological polar surface area (TPSA) is 47.6 Å². The van der Waals surface area contributed by atoms with Crippen molar-refractivity contribution in [2.24, 2.45) is 5.41 Å². The van der Waals surface area contributed by atoms with Crippen molar-refractivity contribution < 1.29 is 14.3 Å². The molecule has 22 heavy (non-hydrogen) atoms. The van der Waals surface area contributed by atoms with E-state index in [0.717, 1.165) is 35.7 Å². The van der Waals surface area contributed by atoms with Crippen LogP contribution < -0.4 is 14.8 Å². The molecule has 0 bridgehead atoms. The third-order valence-electron chi connectivity index (χ3n) is 5.04. The third-order valence-corrected chi connectivity index (χ3v) is 5.04. The lowest BCUT2D eigenvalue weighted by Crippen LogP contribution is -2.32. The van der Waals surface area contributed by atoms with Crippen LogP contribution in [0.15, 0.2) is 30.0 Å². The lowest BCUT2D eigenvalue weighted by atomic mass is 9.66. The van der Waals surface area contributed by atoms with Crippen LogP contribution in [0.2, 0.25) is 0 Å². The molecule has 1 aliphatic heterocycles. The van der Waals surface area contributed by atoms with Gasteiger partial charge in [-0.05, 0) is 36.8 Å². The first kappa shape index (κ1) is 13.7. The van der Waals surface area contributed by atoms with Crippen molar-refractivity contribution in [3.8, 4) is 11.5 Å². The van der Waals surface area contributed by atoms with Crippen LogP contribution in [-0.4, -0.2) is 12.6 Å². The molecule has 4 heteroatoms. The van der Waals surface area contributed by atoms with Crippen molar-refractivity contribution in [2.45, 2.75) is 44.9 Å². The second kappa shape index (κ2) is 5.34. The molecule has 0 aromatic heterocycles. The molecule has 0 unspecified atom stereocenters. The Hall–Kier alpha value is -1.97. The van der Waals surface area contributed by atoms with Crippen LogP contribution in [0.1, 0.15) is 44.9 Å². The highest BCUT2D eigenvalue weighted by molar-refractivity contribution is 5.92. The van der Waals surface area contributed by atoms with Crippen LogP contribution in [0, 0.1) is 5.41 Å². The molecular formula is C18H21NO3. The number of anilines is 1. The monoisotopic (exact) mass is 299 g/mol. The van der Waals surface area contributed by atoms with Crippen molar-refractivity contribution >= 4 is 11.5 Å². The Bertz CT molecular complexity index is 629. The maximum absolute atomic E-state index is 12.2. The van der Waals surface area contributed by atoms with Crippen LogP contribution in [0.3, 0.4) is 0 Å². The number of rotatable bonds is 2. The number of nitrogens with one attached hydrogen (secondary N) is 1. The van der Waals surface area contributed by atoms with E-state index in [1.54, 1.807) is 6.08 Å². The minimum absolute atomic E-state index is 0.197. The average molecular weight is 299 g/mol. The summed E-state index contributed by atoms with van der Waals surface area (Å²) in [5, 5.41) is 3.42. The molecule has 1 aromatic carbocycles. The number of fused-ring (bicyclic) bond motifs is 1. The molecule has 1 N–H and O–H groups in total. The van der Waals surface area contributed by atoms with Crippen molar-refractivity contribution in [3.05, 3.63) is 30.0 Å². The first-order valence-corrected chi connectivity index (χ1v) is 8.13. The molecule has 4 nitrogen and oxygen atoms in total. The zero-order valence-electron chi connectivity index (χ0n) is 12.7. The highest BCUT2D eigenvalue weighted by Crippen LogP contribution is 2.46. The van der Waals surface area contributed by atoms with Gasteiger partial charge in [0.2, 0.25) is 6.79 Å². The van der Waals surface area contributed by atoms with Gasteiger partial charge >= 0.3 is 0 Å². The Morgan fingerprint density at radius 1 is 1.00 bits per heavy atom. The van der Waals surface area contributed by atoms with Gasteiger partial charge in [0, 0.05) is 29.9 Å². The van der Waals surface area contributed by atoms with Crippen molar-refractivity contribution in [2.75, 3.05) is 12.1 Å². The standard InChI is InChI=1S/C18H21NO3/c20-15-8-14(10-18(11-15)6-2-1-3-7-18)19-13-4-5-16-17(9-13)22-12-21-16/h4-5,8-9,19H,1-3,6-7,10-12H2. The highest BCUT2D eigenvalue weighted by Gasteiger charge is 2.37. The van der Waals surface area contributed by atoms with Crippen LogP contribution in [0.25, 0.3) is 0 Å². The highest BCUT2D eigenvalue weighted by atomic mass is 16.7. The fourth-order valence-electron chi connectivity index (χ4n) is 4.03. The van der Waals surface area contributed by atoms with Gasteiger partial charge in [-0.2, -0.15) is 0 Å². The number of hydrogen-bond acceptors (Lipinski definition) is 4. The van der Waals surface area contributed by atoms with Crippen LogP contribution >= 0.6 is 0 Å². The molecule has 1 spiro atoms. The molecule has 1 aromatic rings. The quantitative estimate of drug-likeness (QED) is 0.896. The number of ketones is 1. The molecule has 0 saturated heterocycles. The van der Waals surface area contributed by atoms with E-state index in [1.807, 2.05) is 18.2 Å². The smallest absolute Gasteiger partial charge is 0.231 e. The lowest BCUT2D eigenvalue weighted by Gasteiger charge is -2.39. The summed E-state index contributed by atoms with van der Waals surface area (Å²) in [6.45, 7) is 0.281. The van der Waals surface area contributed by atoms with Gasteiger partial charge in [0.05, 0.1) is 0 Å². The summed E-state index contributed by atoms with van der Waals surface area (Å²) in [5.41, 5.74) is 2.19. The maximum Gasteiger partial charge on any atom is 0.231 e. The van der Waals surface area contributed by atoms with E-state index in [0.29, 0.717) is 0 Å². The van der Waals surface area contributed by atoms with Gasteiger partial charge < -0.3 is 14.8 Å². The van der Waals surface area contributed by atoms with Gasteiger partial charge in [-0.25, -0.2) is 0 Å². The van der Waals surface area contributed by atoms with E-state index >= 15 is 0 Å². The first-order valence-electron chi connectivity index (χ1n) is 8.13. The van der Waals surface area contributed by atoms with E-state index in [2.05, 4.69) is 5.32 Å². The summed E-state index contributed by atoms with van der Waals surface area (Å²) in [6.07, 6.45) is 9.66. The van der Waals surface area contributed by atoms with E-state index < -0.39 is 0 Å². The Morgan fingerprint density at radius 3 is 2.68 bits per heavy atom. The molecule has 116 valence electrons. The molecule has 4 rings (SSSR count). The summed E-state index contributed by atoms with van der Waals surface area (Å²) in [5.74, 6) is 1.81. The van der Waals surface area contributed by atoms with Crippen molar-refractivity contribution in [1.29, 1.82) is 0 Å². The summed E-state index contributed by atoms with van der Waals surface area (Å²) in [6, 6.07) is 5.82. The molecule has 2 aliphatic carbocycles. The maximum atomic E-state index is 12.2. The van der Waals surface area contributed by atoms with E-state index in [9.17, 15) is 4.79 Å². The summed E-state index contributed by atoms with van der Waals surface area (Å²) >= 11 is 0. The number of ether oxygens (including phenoxy) is 2. The van der Waals surface area contributed by atoms with Gasteiger partial charge in [0.25, 0.3) is 0 Å². The largest absolute Gasteiger partial charge is 0.454 e. The van der Waals surface area contributed by atoms with Gasteiger partial charge in [-0.1, -0.05) is 19.3 Å². The predicted octanol–water partition coefficient (Wildman–Crippen LogP) is 4.02. The number of benzene rings is 1. The fourth-order valence-corrected chi connectivity index (χ4v) is 4.03. The Balaban J connectivity index is 1.53. The average Bonchev–Trinajstić information content (AvgIpc) is 2.94. The molecular weight excluding hydrogens is 278 g/mol. The molecule has 0 atom stereocenters. The van der Waals surface area contributed by atoms with Crippen LogP contribution in [0.4, 0.5) is 5.69 Å². The number of hydrogen-bond donors (Lipinski definition) is 1. The predicted molar refractivity (Wildman–Crippen MR) is 84.0 cm³/mol. The fraction of sp³-hybridized carbons (Fsp3) is 0.500. The SMILES string of the molecule is O=C1C=C(Nc2ccc3c(c2)OCO3)CC2(CCCCC2)C1. The first-order chi connectivity index (χ1) is 10.7. The van der Waals surface area contributed by atoms with Gasteiger partial charge in [0.15, 0.2) is 17.3 Å². The van der Waals surface area contributed by atoms with E-state index in [4.69, 9.17) is 9.47 Å². The summed E-state index contributed by atoms with van der Waals surface area (Å²) in [7, 11) is 0. The van der Waals surface area contributed by atoms with Crippen molar-refractivity contribution in [3.63, 3.8) is 0 Å². The van der Waals surface area contributed by atoms with Crippen molar-refractivity contribution in [1.82, 2.24) is 0 Å². The minimum atomic E-state index is 0.197. The van der Waals surface area contributed by atoms with E-state index in [1.165, 1.54) is 32.1 Å². The second-order valence-corrected chi connectivity index (χ2v) is 6.74.